The maximum absolute atomic E-state index is 2.43. The number of rotatable bonds is 6. The largest absolute Gasteiger partial charge is 0.310 e. The summed E-state index contributed by atoms with van der Waals surface area (Å²) in [5.74, 6) is 0. The van der Waals surface area contributed by atoms with Crippen LogP contribution in [-0.2, 0) is 5.41 Å². The van der Waals surface area contributed by atoms with Gasteiger partial charge in [-0.3, -0.25) is 0 Å². The first-order valence-electron chi connectivity index (χ1n) is 17.4. The van der Waals surface area contributed by atoms with E-state index < -0.39 is 0 Å². The monoisotopic (exact) mass is 639 g/mol. The fourth-order valence-electron chi connectivity index (χ4n) is 7.90. The lowest BCUT2D eigenvalue weighted by atomic mass is 9.81. The van der Waals surface area contributed by atoms with Crippen LogP contribution in [0.2, 0.25) is 0 Å². The molecule has 9 rings (SSSR count). The Kier molecular flexibility index (Phi) is 7.21. The molecule has 0 heterocycles. The van der Waals surface area contributed by atoms with Crippen LogP contribution >= 0.6 is 0 Å². The lowest BCUT2D eigenvalue weighted by Gasteiger charge is -2.30. The summed E-state index contributed by atoms with van der Waals surface area (Å²) < 4.78 is 0. The minimum atomic E-state index is -0.158. The average molecular weight is 640 g/mol. The highest BCUT2D eigenvalue weighted by molar-refractivity contribution is 5.98. The standard InChI is InChI=1S/C49H37N/c1-49(2)46-32-37-27-26-36(34-16-6-3-7-17-34)30-38(37)31-45(46)43-29-28-40(33-47(43)49)50(39-20-10-5-11-21-39)48-25-15-14-24-44(48)42-23-13-12-22-41(42)35-18-8-4-9-19-35/h3-33H,1-2H3. The van der Waals surface area contributed by atoms with Gasteiger partial charge in [-0.15, -0.1) is 0 Å². The summed E-state index contributed by atoms with van der Waals surface area (Å²) in [6.45, 7) is 4.76. The van der Waals surface area contributed by atoms with Crippen molar-refractivity contribution in [2.24, 2.45) is 0 Å². The minimum Gasteiger partial charge on any atom is -0.310 e. The number of fused-ring (bicyclic) bond motifs is 4. The quantitative estimate of drug-likeness (QED) is 0.175. The third kappa shape index (κ3) is 5.02. The van der Waals surface area contributed by atoms with E-state index in [1.807, 2.05) is 0 Å². The van der Waals surface area contributed by atoms with Gasteiger partial charge in [-0.2, -0.15) is 0 Å². The van der Waals surface area contributed by atoms with Gasteiger partial charge in [0.15, 0.2) is 0 Å². The molecule has 0 radical (unpaired) electrons. The Hall–Kier alpha value is -6.18. The summed E-state index contributed by atoms with van der Waals surface area (Å²) >= 11 is 0. The highest BCUT2D eigenvalue weighted by Crippen LogP contribution is 2.52. The fraction of sp³-hybridized carbons (Fsp3) is 0.0612. The van der Waals surface area contributed by atoms with E-state index in [0.717, 1.165) is 17.1 Å². The topological polar surface area (TPSA) is 3.24 Å². The van der Waals surface area contributed by atoms with Gasteiger partial charge in [0.1, 0.15) is 0 Å². The second kappa shape index (κ2) is 12.1. The highest BCUT2D eigenvalue weighted by atomic mass is 15.1. The van der Waals surface area contributed by atoms with Crippen molar-refractivity contribution in [2.75, 3.05) is 4.90 Å². The molecule has 8 aromatic rings. The number of hydrogen-bond acceptors (Lipinski definition) is 1. The van der Waals surface area contributed by atoms with E-state index in [4.69, 9.17) is 0 Å². The first-order chi connectivity index (χ1) is 24.6. The maximum Gasteiger partial charge on any atom is 0.0540 e. The molecule has 0 aliphatic heterocycles. The van der Waals surface area contributed by atoms with Crippen molar-refractivity contribution >= 4 is 27.8 Å². The molecular formula is C49H37N. The summed E-state index contributed by atoms with van der Waals surface area (Å²) in [6.07, 6.45) is 0. The van der Waals surface area contributed by atoms with Crippen molar-refractivity contribution in [1.82, 2.24) is 0 Å². The van der Waals surface area contributed by atoms with Crippen molar-refractivity contribution in [3.63, 3.8) is 0 Å². The molecule has 0 aromatic heterocycles. The van der Waals surface area contributed by atoms with Crippen molar-refractivity contribution in [3.05, 3.63) is 199 Å². The van der Waals surface area contributed by atoms with Crippen LogP contribution in [0.5, 0.6) is 0 Å². The number of nitrogens with zero attached hydrogens (tertiary/aromatic N) is 1. The van der Waals surface area contributed by atoms with E-state index in [2.05, 4.69) is 207 Å². The zero-order chi connectivity index (χ0) is 33.7. The predicted octanol–water partition coefficient (Wildman–Crippen LogP) is 13.6. The lowest BCUT2D eigenvalue weighted by molar-refractivity contribution is 0.661. The third-order valence-corrected chi connectivity index (χ3v) is 10.4. The second-order valence-electron chi connectivity index (χ2n) is 13.8. The summed E-state index contributed by atoms with van der Waals surface area (Å²) in [5, 5.41) is 2.55. The molecule has 1 heteroatoms. The first kappa shape index (κ1) is 29.9. The molecule has 8 aromatic carbocycles. The number of anilines is 3. The van der Waals surface area contributed by atoms with Gasteiger partial charge in [-0.25, -0.2) is 0 Å². The third-order valence-electron chi connectivity index (χ3n) is 10.4. The van der Waals surface area contributed by atoms with Crippen molar-refractivity contribution < 1.29 is 0 Å². The second-order valence-corrected chi connectivity index (χ2v) is 13.8. The van der Waals surface area contributed by atoms with Crippen LogP contribution in [0.15, 0.2) is 188 Å². The molecule has 0 amide bonds. The zero-order valence-electron chi connectivity index (χ0n) is 28.3. The van der Waals surface area contributed by atoms with Crippen LogP contribution < -0.4 is 4.90 Å². The SMILES string of the molecule is CC1(C)c2cc(N(c3ccccc3)c3ccccc3-c3ccccc3-c3ccccc3)ccc2-c2cc3cc(-c4ccccc4)ccc3cc21. The van der Waals surface area contributed by atoms with Gasteiger partial charge >= 0.3 is 0 Å². The average Bonchev–Trinajstić information content (AvgIpc) is 3.39. The molecule has 238 valence electrons. The van der Waals surface area contributed by atoms with Crippen LogP contribution in [-0.4, -0.2) is 0 Å². The molecule has 0 unspecified atom stereocenters. The van der Waals surface area contributed by atoms with Crippen LogP contribution in [0.3, 0.4) is 0 Å². The molecule has 1 aliphatic carbocycles. The molecule has 0 saturated carbocycles. The smallest absolute Gasteiger partial charge is 0.0540 e. The molecule has 1 nitrogen and oxygen atoms in total. The van der Waals surface area contributed by atoms with Crippen molar-refractivity contribution in [3.8, 4) is 44.5 Å². The molecule has 0 bridgehead atoms. The van der Waals surface area contributed by atoms with Gasteiger partial charge < -0.3 is 4.90 Å². The van der Waals surface area contributed by atoms with Crippen LogP contribution in [0.25, 0.3) is 55.3 Å². The summed E-state index contributed by atoms with van der Waals surface area (Å²) in [6, 6.07) is 68.5. The Morgan fingerprint density at radius 2 is 0.940 bits per heavy atom. The minimum absolute atomic E-state index is 0.158. The molecule has 50 heavy (non-hydrogen) atoms. The summed E-state index contributed by atoms with van der Waals surface area (Å²) in [5.41, 5.74) is 16.0. The van der Waals surface area contributed by atoms with Crippen molar-refractivity contribution in [1.29, 1.82) is 0 Å². The van der Waals surface area contributed by atoms with Gasteiger partial charge in [-0.05, 0) is 109 Å². The summed E-state index contributed by atoms with van der Waals surface area (Å²) in [7, 11) is 0. The Labute approximate surface area is 294 Å². The summed E-state index contributed by atoms with van der Waals surface area (Å²) in [4.78, 5) is 2.43. The van der Waals surface area contributed by atoms with Gasteiger partial charge in [0.2, 0.25) is 0 Å². The van der Waals surface area contributed by atoms with Gasteiger partial charge in [0.05, 0.1) is 5.69 Å². The van der Waals surface area contributed by atoms with E-state index >= 15 is 0 Å². The molecule has 0 fully saturated rings. The normalized spacial score (nSPS) is 12.8. The van der Waals surface area contributed by atoms with Crippen LogP contribution in [0, 0.1) is 0 Å². The molecule has 0 saturated heterocycles. The van der Waals surface area contributed by atoms with E-state index in [-0.39, 0.29) is 5.41 Å². The molecule has 0 atom stereocenters. The Morgan fingerprint density at radius 3 is 1.68 bits per heavy atom. The molecule has 1 aliphatic rings. The van der Waals surface area contributed by atoms with E-state index in [1.54, 1.807) is 0 Å². The predicted molar refractivity (Wildman–Crippen MR) is 213 cm³/mol. The van der Waals surface area contributed by atoms with Gasteiger partial charge in [-0.1, -0.05) is 153 Å². The van der Waals surface area contributed by atoms with E-state index in [1.165, 1.54) is 66.4 Å². The van der Waals surface area contributed by atoms with E-state index in [0.29, 0.717) is 0 Å². The molecule has 0 N–H and O–H groups in total. The Balaban J connectivity index is 1.20. The molecular weight excluding hydrogens is 603 g/mol. The Morgan fingerprint density at radius 1 is 0.340 bits per heavy atom. The number of hydrogen-bond donors (Lipinski definition) is 0. The number of para-hydroxylation sites is 2. The fourth-order valence-corrected chi connectivity index (χ4v) is 7.90. The maximum atomic E-state index is 2.43. The highest BCUT2D eigenvalue weighted by Gasteiger charge is 2.36. The zero-order valence-corrected chi connectivity index (χ0v) is 28.3. The van der Waals surface area contributed by atoms with Crippen LogP contribution in [0.4, 0.5) is 17.1 Å². The van der Waals surface area contributed by atoms with E-state index in [9.17, 15) is 0 Å². The Bertz CT molecular complexity index is 2490. The van der Waals surface area contributed by atoms with Gasteiger partial charge in [0.25, 0.3) is 0 Å². The molecule has 0 spiro atoms. The van der Waals surface area contributed by atoms with Crippen LogP contribution in [0.1, 0.15) is 25.0 Å². The number of benzene rings is 8. The van der Waals surface area contributed by atoms with Gasteiger partial charge in [0, 0.05) is 22.4 Å². The lowest BCUT2D eigenvalue weighted by Crippen LogP contribution is -2.17. The first-order valence-corrected chi connectivity index (χ1v) is 17.4. The van der Waals surface area contributed by atoms with Crippen molar-refractivity contribution in [2.45, 2.75) is 19.3 Å².